The SMILES string of the molecule is OCc1ncc(F)cc1-c1ccc(C(F)(F)F)cc1. The van der Waals surface area contributed by atoms with Crippen molar-refractivity contribution in [3.8, 4) is 11.1 Å². The van der Waals surface area contributed by atoms with E-state index in [1.807, 2.05) is 0 Å². The zero-order valence-corrected chi connectivity index (χ0v) is 9.58. The maximum Gasteiger partial charge on any atom is 0.416 e. The Balaban J connectivity index is 2.45. The number of benzene rings is 1. The highest BCUT2D eigenvalue weighted by Crippen LogP contribution is 2.31. The van der Waals surface area contributed by atoms with E-state index in [1.54, 1.807) is 0 Å². The van der Waals surface area contributed by atoms with Crippen molar-refractivity contribution < 1.29 is 22.7 Å². The molecule has 0 aliphatic heterocycles. The average Bonchev–Trinajstić information content (AvgIpc) is 2.38. The summed E-state index contributed by atoms with van der Waals surface area (Å²) in [5.41, 5.74) is 0.0626. The van der Waals surface area contributed by atoms with E-state index in [0.29, 0.717) is 5.56 Å². The van der Waals surface area contributed by atoms with Gasteiger partial charge < -0.3 is 5.11 Å². The minimum absolute atomic E-state index is 0.209. The molecule has 6 heteroatoms. The van der Waals surface area contributed by atoms with Gasteiger partial charge in [-0.25, -0.2) is 4.39 Å². The van der Waals surface area contributed by atoms with Crippen LogP contribution in [0, 0.1) is 5.82 Å². The van der Waals surface area contributed by atoms with E-state index in [2.05, 4.69) is 4.98 Å². The normalized spacial score (nSPS) is 11.6. The van der Waals surface area contributed by atoms with Gasteiger partial charge in [0.1, 0.15) is 5.82 Å². The van der Waals surface area contributed by atoms with Crippen LogP contribution in [-0.2, 0) is 12.8 Å². The molecule has 0 bridgehead atoms. The van der Waals surface area contributed by atoms with Crippen LogP contribution in [0.5, 0.6) is 0 Å². The highest BCUT2D eigenvalue weighted by atomic mass is 19.4. The first-order valence-corrected chi connectivity index (χ1v) is 5.34. The zero-order chi connectivity index (χ0) is 14.0. The van der Waals surface area contributed by atoms with Crippen molar-refractivity contribution in [1.29, 1.82) is 0 Å². The summed E-state index contributed by atoms with van der Waals surface area (Å²) >= 11 is 0. The molecule has 2 rings (SSSR count). The van der Waals surface area contributed by atoms with Crippen molar-refractivity contribution in [2.75, 3.05) is 0 Å². The van der Waals surface area contributed by atoms with Crippen molar-refractivity contribution in [3.63, 3.8) is 0 Å². The molecule has 1 aromatic heterocycles. The molecule has 1 N–H and O–H groups in total. The van der Waals surface area contributed by atoms with E-state index in [0.717, 1.165) is 24.4 Å². The van der Waals surface area contributed by atoms with Crippen LogP contribution in [0.1, 0.15) is 11.3 Å². The molecule has 0 unspecified atom stereocenters. The Labute approximate surface area is 106 Å². The second-order valence-corrected chi connectivity index (χ2v) is 3.88. The molecule has 0 amide bonds. The molecular formula is C13H9F4NO. The number of aliphatic hydroxyl groups excluding tert-OH is 1. The molecule has 0 radical (unpaired) electrons. The van der Waals surface area contributed by atoms with Crippen molar-refractivity contribution in [3.05, 3.63) is 53.6 Å². The minimum Gasteiger partial charge on any atom is -0.390 e. The fraction of sp³-hybridized carbons (Fsp3) is 0.154. The maximum atomic E-state index is 13.1. The summed E-state index contributed by atoms with van der Waals surface area (Å²) < 4.78 is 50.4. The first-order valence-electron chi connectivity index (χ1n) is 5.34. The van der Waals surface area contributed by atoms with Gasteiger partial charge in [0.05, 0.1) is 24.1 Å². The van der Waals surface area contributed by atoms with E-state index < -0.39 is 24.2 Å². The third-order valence-corrected chi connectivity index (χ3v) is 2.61. The molecule has 0 spiro atoms. The molecule has 0 atom stereocenters. The first kappa shape index (κ1) is 13.5. The lowest BCUT2D eigenvalue weighted by Crippen LogP contribution is -2.04. The van der Waals surface area contributed by atoms with Gasteiger partial charge in [-0.05, 0) is 23.8 Å². The zero-order valence-electron chi connectivity index (χ0n) is 9.58. The summed E-state index contributed by atoms with van der Waals surface area (Å²) in [6.45, 7) is -0.420. The molecule has 0 saturated carbocycles. The second kappa shape index (κ2) is 4.97. The lowest BCUT2D eigenvalue weighted by Gasteiger charge is -2.09. The van der Waals surface area contributed by atoms with Crippen molar-refractivity contribution in [2.45, 2.75) is 12.8 Å². The number of alkyl halides is 3. The predicted molar refractivity (Wildman–Crippen MR) is 60.6 cm³/mol. The van der Waals surface area contributed by atoms with Crippen molar-refractivity contribution in [2.24, 2.45) is 0 Å². The van der Waals surface area contributed by atoms with Crippen molar-refractivity contribution >= 4 is 0 Å². The number of rotatable bonds is 2. The Hall–Kier alpha value is -1.95. The van der Waals surface area contributed by atoms with Crippen LogP contribution in [0.25, 0.3) is 11.1 Å². The quantitative estimate of drug-likeness (QED) is 0.849. The average molecular weight is 271 g/mol. The standard InChI is InChI=1S/C13H9F4NO/c14-10-5-11(12(7-19)18-6-10)8-1-3-9(4-2-8)13(15,16)17/h1-6,19H,7H2. The summed E-state index contributed by atoms with van der Waals surface area (Å²) in [6.07, 6.45) is -3.47. The van der Waals surface area contributed by atoms with Crippen LogP contribution in [0.4, 0.5) is 17.6 Å². The maximum absolute atomic E-state index is 13.1. The summed E-state index contributed by atoms with van der Waals surface area (Å²) in [5.74, 6) is -0.618. The van der Waals surface area contributed by atoms with Gasteiger partial charge in [-0.1, -0.05) is 12.1 Å². The largest absolute Gasteiger partial charge is 0.416 e. The molecular weight excluding hydrogens is 262 g/mol. The first-order chi connectivity index (χ1) is 8.91. The van der Waals surface area contributed by atoms with Crippen LogP contribution < -0.4 is 0 Å². The van der Waals surface area contributed by atoms with Crippen LogP contribution in [0.2, 0.25) is 0 Å². The Bertz CT molecular complexity index is 578. The van der Waals surface area contributed by atoms with E-state index in [1.165, 1.54) is 12.1 Å². The number of nitrogens with zero attached hydrogens (tertiary/aromatic N) is 1. The van der Waals surface area contributed by atoms with E-state index >= 15 is 0 Å². The molecule has 0 saturated heterocycles. The topological polar surface area (TPSA) is 33.1 Å². The Morgan fingerprint density at radius 3 is 2.26 bits per heavy atom. The molecule has 1 heterocycles. The van der Waals surface area contributed by atoms with Gasteiger partial charge in [-0.3, -0.25) is 4.98 Å². The summed E-state index contributed by atoms with van der Waals surface area (Å²) in [5, 5.41) is 9.09. The number of halogens is 4. The lowest BCUT2D eigenvalue weighted by molar-refractivity contribution is -0.137. The smallest absolute Gasteiger partial charge is 0.390 e. The van der Waals surface area contributed by atoms with Crippen LogP contribution >= 0.6 is 0 Å². The van der Waals surface area contributed by atoms with Gasteiger partial charge in [0.25, 0.3) is 0 Å². The molecule has 1 aromatic carbocycles. The number of hydrogen-bond donors (Lipinski definition) is 1. The van der Waals surface area contributed by atoms with Gasteiger partial charge in [0, 0.05) is 5.56 Å². The van der Waals surface area contributed by atoms with E-state index in [-0.39, 0.29) is 11.3 Å². The fourth-order valence-electron chi connectivity index (χ4n) is 1.68. The number of aliphatic hydroxyl groups is 1. The van der Waals surface area contributed by atoms with E-state index in [4.69, 9.17) is 5.11 Å². The summed E-state index contributed by atoms with van der Waals surface area (Å²) in [4.78, 5) is 3.70. The number of pyridine rings is 1. The van der Waals surface area contributed by atoms with Crippen LogP contribution in [0.15, 0.2) is 36.5 Å². The molecule has 100 valence electrons. The van der Waals surface area contributed by atoms with E-state index in [9.17, 15) is 17.6 Å². The van der Waals surface area contributed by atoms with Gasteiger partial charge >= 0.3 is 6.18 Å². The van der Waals surface area contributed by atoms with Crippen LogP contribution in [-0.4, -0.2) is 10.1 Å². The summed E-state index contributed by atoms with van der Waals surface area (Å²) in [7, 11) is 0. The highest BCUT2D eigenvalue weighted by Gasteiger charge is 2.30. The Morgan fingerprint density at radius 2 is 1.74 bits per heavy atom. The third kappa shape index (κ3) is 2.90. The molecule has 2 aromatic rings. The van der Waals surface area contributed by atoms with Gasteiger partial charge in [0.15, 0.2) is 0 Å². The fourth-order valence-corrected chi connectivity index (χ4v) is 1.68. The molecule has 0 aliphatic carbocycles. The second-order valence-electron chi connectivity index (χ2n) is 3.88. The van der Waals surface area contributed by atoms with Gasteiger partial charge in [-0.2, -0.15) is 13.2 Å². The van der Waals surface area contributed by atoms with Crippen molar-refractivity contribution in [1.82, 2.24) is 4.98 Å². The third-order valence-electron chi connectivity index (χ3n) is 2.61. The Kier molecular flexibility index (Phi) is 3.53. The minimum atomic E-state index is -4.42. The lowest BCUT2D eigenvalue weighted by atomic mass is 10.0. The van der Waals surface area contributed by atoms with Gasteiger partial charge in [-0.15, -0.1) is 0 Å². The molecule has 0 fully saturated rings. The predicted octanol–water partition coefficient (Wildman–Crippen LogP) is 3.40. The van der Waals surface area contributed by atoms with Crippen LogP contribution in [0.3, 0.4) is 0 Å². The number of hydrogen-bond acceptors (Lipinski definition) is 2. The summed E-state index contributed by atoms with van der Waals surface area (Å²) in [6, 6.07) is 5.38. The molecule has 19 heavy (non-hydrogen) atoms. The monoisotopic (exact) mass is 271 g/mol. The van der Waals surface area contributed by atoms with Gasteiger partial charge in [0.2, 0.25) is 0 Å². The highest BCUT2D eigenvalue weighted by molar-refractivity contribution is 5.66. The Morgan fingerprint density at radius 1 is 1.11 bits per heavy atom. The number of aromatic nitrogens is 1. The molecule has 0 aliphatic rings. The molecule has 2 nitrogen and oxygen atoms in total.